The number of ether oxygens (including phenoxy) is 1. The third kappa shape index (κ3) is 4.97. The van der Waals surface area contributed by atoms with Crippen molar-refractivity contribution in [2.24, 2.45) is 0 Å². The van der Waals surface area contributed by atoms with E-state index in [-0.39, 0.29) is 11.4 Å². The molecular weight excluding hydrogens is 427 g/mol. The number of piperidine rings is 1. The van der Waals surface area contributed by atoms with Crippen molar-refractivity contribution in [2.45, 2.75) is 19.3 Å². The molecule has 0 radical (unpaired) electrons. The number of nitrogens with one attached hydrogen (secondary N) is 2. The van der Waals surface area contributed by atoms with E-state index >= 15 is 0 Å². The SMILES string of the molecule is COc1cc(N2CCCCC2)ccc1/C=C1/NC(=O)N(CC(=O)Nc2ccccc2F)C1=O. The Hall–Kier alpha value is -3.88. The molecule has 4 rings (SSSR count). The lowest BCUT2D eigenvalue weighted by Crippen LogP contribution is -2.38. The molecule has 4 amide bonds. The summed E-state index contributed by atoms with van der Waals surface area (Å²) < 4.78 is 19.3. The molecular formula is C24H25FN4O4. The van der Waals surface area contributed by atoms with Crippen LogP contribution in [0.15, 0.2) is 48.2 Å². The smallest absolute Gasteiger partial charge is 0.329 e. The number of hydrogen-bond donors (Lipinski definition) is 2. The Balaban J connectivity index is 1.48. The van der Waals surface area contributed by atoms with Gasteiger partial charge in [0.1, 0.15) is 23.8 Å². The molecule has 2 heterocycles. The highest BCUT2D eigenvalue weighted by molar-refractivity contribution is 6.16. The normalized spacial score (nSPS) is 17.3. The number of nitrogens with zero attached hydrogens (tertiary/aromatic N) is 2. The van der Waals surface area contributed by atoms with Crippen molar-refractivity contribution in [3.05, 3.63) is 59.5 Å². The molecule has 2 N–H and O–H groups in total. The zero-order valence-corrected chi connectivity index (χ0v) is 18.3. The van der Waals surface area contributed by atoms with Crippen LogP contribution in [-0.4, -0.2) is 49.5 Å². The molecule has 0 unspecified atom stereocenters. The van der Waals surface area contributed by atoms with E-state index in [1.165, 1.54) is 30.7 Å². The average molecular weight is 452 g/mol. The number of methoxy groups -OCH3 is 1. The van der Waals surface area contributed by atoms with E-state index in [2.05, 4.69) is 15.5 Å². The van der Waals surface area contributed by atoms with E-state index < -0.39 is 30.2 Å². The fraction of sp³-hybridized carbons (Fsp3) is 0.292. The first kappa shape index (κ1) is 22.3. The molecule has 33 heavy (non-hydrogen) atoms. The van der Waals surface area contributed by atoms with Crippen LogP contribution in [0.4, 0.5) is 20.6 Å². The predicted molar refractivity (Wildman–Crippen MR) is 122 cm³/mol. The molecule has 2 aromatic carbocycles. The van der Waals surface area contributed by atoms with Gasteiger partial charge in [-0.25, -0.2) is 14.1 Å². The van der Waals surface area contributed by atoms with Gasteiger partial charge < -0.3 is 20.3 Å². The van der Waals surface area contributed by atoms with Crippen LogP contribution in [0.25, 0.3) is 6.08 Å². The van der Waals surface area contributed by atoms with Crippen molar-refractivity contribution in [3.63, 3.8) is 0 Å². The minimum Gasteiger partial charge on any atom is -0.496 e. The van der Waals surface area contributed by atoms with E-state index in [4.69, 9.17) is 4.74 Å². The first-order chi connectivity index (χ1) is 16.0. The van der Waals surface area contributed by atoms with Gasteiger partial charge in [-0.15, -0.1) is 0 Å². The molecule has 0 aromatic heterocycles. The monoisotopic (exact) mass is 452 g/mol. The van der Waals surface area contributed by atoms with Gasteiger partial charge in [-0.2, -0.15) is 0 Å². The molecule has 0 saturated carbocycles. The number of carbonyl (C=O) groups excluding carboxylic acids is 3. The molecule has 0 bridgehead atoms. The van der Waals surface area contributed by atoms with Gasteiger partial charge in [-0.05, 0) is 49.6 Å². The van der Waals surface area contributed by atoms with Crippen molar-refractivity contribution in [3.8, 4) is 5.75 Å². The van der Waals surface area contributed by atoms with E-state index in [0.29, 0.717) is 11.3 Å². The standard InChI is InChI=1S/C24H25FN4O4/c1-33-21-14-17(28-11-5-2-6-12-28)10-9-16(21)13-20-23(31)29(24(32)27-20)15-22(30)26-19-8-4-3-7-18(19)25/h3-4,7-10,13-14H,2,5-6,11-12,15H2,1H3,(H,26,30)(H,27,32)/b20-13+. The Kier molecular flexibility index (Phi) is 6.58. The number of hydrogen-bond acceptors (Lipinski definition) is 5. The molecule has 8 nitrogen and oxygen atoms in total. The minimum atomic E-state index is -0.723. The molecule has 9 heteroatoms. The number of anilines is 2. The van der Waals surface area contributed by atoms with Crippen LogP contribution in [0.5, 0.6) is 5.75 Å². The summed E-state index contributed by atoms with van der Waals surface area (Å²) >= 11 is 0. The van der Waals surface area contributed by atoms with Gasteiger partial charge in [-0.1, -0.05) is 12.1 Å². The van der Waals surface area contributed by atoms with E-state index in [0.717, 1.165) is 36.5 Å². The van der Waals surface area contributed by atoms with Crippen LogP contribution >= 0.6 is 0 Å². The summed E-state index contributed by atoms with van der Waals surface area (Å²) in [5.74, 6) is -1.37. The zero-order chi connectivity index (χ0) is 23.4. The number of rotatable bonds is 6. The fourth-order valence-electron chi connectivity index (χ4n) is 3.93. The maximum atomic E-state index is 13.7. The lowest BCUT2D eigenvalue weighted by molar-refractivity contribution is -0.127. The number of carbonyl (C=O) groups is 3. The van der Waals surface area contributed by atoms with Crippen LogP contribution in [0.1, 0.15) is 24.8 Å². The molecule has 2 aliphatic heterocycles. The van der Waals surface area contributed by atoms with Gasteiger partial charge in [0.15, 0.2) is 0 Å². The van der Waals surface area contributed by atoms with Crippen LogP contribution < -0.4 is 20.3 Å². The van der Waals surface area contributed by atoms with Gasteiger partial charge in [0.2, 0.25) is 5.91 Å². The quantitative estimate of drug-likeness (QED) is 0.518. The van der Waals surface area contributed by atoms with Crippen LogP contribution in [-0.2, 0) is 9.59 Å². The molecule has 2 aromatic rings. The summed E-state index contributed by atoms with van der Waals surface area (Å²) in [6.45, 7) is 1.44. The van der Waals surface area contributed by atoms with Crippen molar-refractivity contribution >= 4 is 35.3 Å². The third-order valence-corrected chi connectivity index (χ3v) is 5.65. The topological polar surface area (TPSA) is 91.0 Å². The fourth-order valence-corrected chi connectivity index (χ4v) is 3.93. The maximum absolute atomic E-state index is 13.7. The Morgan fingerprint density at radius 3 is 2.64 bits per heavy atom. The summed E-state index contributed by atoms with van der Waals surface area (Å²) in [6.07, 6.45) is 5.05. The number of para-hydroxylation sites is 1. The maximum Gasteiger partial charge on any atom is 0.329 e. The van der Waals surface area contributed by atoms with Crippen molar-refractivity contribution < 1.29 is 23.5 Å². The van der Waals surface area contributed by atoms with Crippen LogP contribution in [0, 0.1) is 5.82 Å². The summed E-state index contributed by atoms with van der Waals surface area (Å²) in [4.78, 5) is 40.4. The van der Waals surface area contributed by atoms with E-state index in [1.807, 2.05) is 18.2 Å². The van der Waals surface area contributed by atoms with Gasteiger partial charge in [0, 0.05) is 30.4 Å². The number of benzene rings is 2. The zero-order valence-electron chi connectivity index (χ0n) is 18.3. The van der Waals surface area contributed by atoms with Gasteiger partial charge in [0.25, 0.3) is 5.91 Å². The van der Waals surface area contributed by atoms with E-state index in [9.17, 15) is 18.8 Å². The lowest BCUT2D eigenvalue weighted by Gasteiger charge is -2.29. The summed E-state index contributed by atoms with van der Waals surface area (Å²) in [5.41, 5.74) is 1.67. The Labute approximate surface area is 191 Å². The third-order valence-electron chi connectivity index (χ3n) is 5.65. The molecule has 0 spiro atoms. The number of amides is 4. The predicted octanol–water partition coefficient (Wildman–Crippen LogP) is 3.36. The van der Waals surface area contributed by atoms with Crippen molar-refractivity contribution in [2.75, 3.05) is 37.0 Å². The summed E-state index contributed by atoms with van der Waals surface area (Å²) in [6, 6.07) is 10.6. The molecule has 2 aliphatic rings. The average Bonchev–Trinajstić information content (AvgIpc) is 3.08. The lowest BCUT2D eigenvalue weighted by atomic mass is 10.1. The number of urea groups is 1. The van der Waals surface area contributed by atoms with Gasteiger partial charge >= 0.3 is 6.03 Å². The Bertz CT molecular complexity index is 1110. The first-order valence-corrected chi connectivity index (χ1v) is 10.8. The van der Waals surface area contributed by atoms with Gasteiger partial charge in [-0.3, -0.25) is 9.59 Å². The highest BCUT2D eigenvalue weighted by Gasteiger charge is 2.35. The summed E-state index contributed by atoms with van der Waals surface area (Å²) in [7, 11) is 1.55. The molecule has 2 saturated heterocycles. The van der Waals surface area contributed by atoms with Crippen LogP contribution in [0.2, 0.25) is 0 Å². The van der Waals surface area contributed by atoms with Crippen molar-refractivity contribution in [1.82, 2.24) is 10.2 Å². The second kappa shape index (κ2) is 9.72. The summed E-state index contributed by atoms with van der Waals surface area (Å²) in [5, 5.41) is 4.86. The minimum absolute atomic E-state index is 0.0242. The molecule has 2 fully saturated rings. The number of halogens is 1. The largest absolute Gasteiger partial charge is 0.496 e. The molecule has 0 aliphatic carbocycles. The second-order valence-electron chi connectivity index (χ2n) is 7.88. The molecule has 0 atom stereocenters. The van der Waals surface area contributed by atoms with E-state index in [1.54, 1.807) is 13.2 Å². The second-order valence-corrected chi connectivity index (χ2v) is 7.88. The Morgan fingerprint density at radius 2 is 1.91 bits per heavy atom. The highest BCUT2D eigenvalue weighted by atomic mass is 19.1. The highest BCUT2D eigenvalue weighted by Crippen LogP contribution is 2.29. The Morgan fingerprint density at radius 1 is 1.15 bits per heavy atom. The van der Waals surface area contributed by atoms with Crippen molar-refractivity contribution in [1.29, 1.82) is 0 Å². The van der Waals surface area contributed by atoms with Crippen LogP contribution in [0.3, 0.4) is 0 Å². The van der Waals surface area contributed by atoms with Gasteiger partial charge in [0.05, 0.1) is 12.8 Å². The number of imide groups is 1. The molecule has 172 valence electrons. The first-order valence-electron chi connectivity index (χ1n) is 10.8.